The molecule has 1 N–H and O–H groups in total. The SMILES string of the molecule is Cc1cc(C)n(-c2ccc(Cl)c(C(=O)NCCCn3cccn3)c2)n1. The van der Waals surface area contributed by atoms with E-state index in [0.29, 0.717) is 17.1 Å². The van der Waals surface area contributed by atoms with Gasteiger partial charge >= 0.3 is 0 Å². The molecule has 0 fully saturated rings. The minimum atomic E-state index is -0.186. The standard InChI is InChI=1S/C18H20ClN5O/c1-13-11-14(2)24(22-13)15-5-6-17(19)16(12-15)18(25)20-7-3-9-23-10-4-8-21-23/h4-6,8,10-12H,3,7,9H2,1-2H3,(H,20,25). The van der Waals surface area contributed by atoms with Crippen LogP contribution in [0.5, 0.6) is 0 Å². The number of nitrogens with one attached hydrogen (secondary N) is 1. The third kappa shape index (κ3) is 4.09. The molecule has 130 valence electrons. The molecule has 1 aromatic carbocycles. The Morgan fingerprint density at radius 2 is 2.12 bits per heavy atom. The van der Waals surface area contributed by atoms with Crippen molar-refractivity contribution < 1.29 is 4.79 Å². The summed E-state index contributed by atoms with van der Waals surface area (Å²) in [5, 5.41) is 11.9. The van der Waals surface area contributed by atoms with Gasteiger partial charge in [-0.2, -0.15) is 10.2 Å². The molecule has 3 rings (SSSR count). The lowest BCUT2D eigenvalue weighted by molar-refractivity contribution is 0.0952. The Morgan fingerprint density at radius 3 is 2.80 bits per heavy atom. The molecule has 0 radical (unpaired) electrons. The van der Waals surface area contributed by atoms with Gasteiger partial charge in [0.1, 0.15) is 0 Å². The van der Waals surface area contributed by atoms with E-state index in [0.717, 1.165) is 30.0 Å². The molecule has 2 heterocycles. The molecule has 0 saturated heterocycles. The maximum absolute atomic E-state index is 12.5. The number of halogens is 1. The number of benzene rings is 1. The Morgan fingerprint density at radius 1 is 1.28 bits per heavy atom. The third-order valence-electron chi connectivity index (χ3n) is 3.86. The van der Waals surface area contributed by atoms with Gasteiger partial charge in [-0.05, 0) is 50.6 Å². The highest BCUT2D eigenvalue weighted by Gasteiger charge is 2.13. The first-order valence-electron chi connectivity index (χ1n) is 8.13. The van der Waals surface area contributed by atoms with E-state index < -0.39 is 0 Å². The number of aromatic nitrogens is 4. The van der Waals surface area contributed by atoms with Crippen molar-refractivity contribution in [3.8, 4) is 5.69 Å². The van der Waals surface area contributed by atoms with Crippen LogP contribution in [0.2, 0.25) is 5.02 Å². The Bertz CT molecular complexity index is 870. The van der Waals surface area contributed by atoms with E-state index in [1.165, 1.54) is 0 Å². The van der Waals surface area contributed by atoms with Crippen LogP contribution in [0.4, 0.5) is 0 Å². The van der Waals surface area contributed by atoms with Crippen LogP contribution in [0.1, 0.15) is 28.2 Å². The summed E-state index contributed by atoms with van der Waals surface area (Å²) < 4.78 is 3.64. The quantitative estimate of drug-likeness (QED) is 0.689. The average Bonchev–Trinajstić information content (AvgIpc) is 3.21. The van der Waals surface area contributed by atoms with Crippen LogP contribution >= 0.6 is 11.6 Å². The molecule has 0 aliphatic carbocycles. The van der Waals surface area contributed by atoms with Crippen LogP contribution in [-0.2, 0) is 6.54 Å². The largest absolute Gasteiger partial charge is 0.352 e. The average molecular weight is 358 g/mol. The van der Waals surface area contributed by atoms with Gasteiger partial charge in [0.05, 0.1) is 22.0 Å². The van der Waals surface area contributed by atoms with Crippen LogP contribution in [0.15, 0.2) is 42.7 Å². The van der Waals surface area contributed by atoms with Gasteiger partial charge in [0.15, 0.2) is 0 Å². The second-order valence-corrected chi connectivity index (χ2v) is 6.29. The maximum Gasteiger partial charge on any atom is 0.252 e. The van der Waals surface area contributed by atoms with Crippen molar-refractivity contribution in [2.45, 2.75) is 26.8 Å². The second kappa shape index (κ2) is 7.53. The summed E-state index contributed by atoms with van der Waals surface area (Å²) in [5.74, 6) is -0.186. The number of hydrogen-bond donors (Lipinski definition) is 1. The number of carbonyl (C=O) groups excluding carboxylic acids is 1. The summed E-state index contributed by atoms with van der Waals surface area (Å²) >= 11 is 6.21. The zero-order valence-corrected chi connectivity index (χ0v) is 15.0. The summed E-state index contributed by atoms with van der Waals surface area (Å²) in [4.78, 5) is 12.5. The first-order chi connectivity index (χ1) is 12.0. The van der Waals surface area contributed by atoms with E-state index >= 15 is 0 Å². The number of carbonyl (C=O) groups is 1. The van der Waals surface area contributed by atoms with Crippen molar-refractivity contribution in [2.24, 2.45) is 0 Å². The van der Waals surface area contributed by atoms with E-state index in [1.807, 2.05) is 42.9 Å². The van der Waals surface area contributed by atoms with Gasteiger partial charge in [-0.3, -0.25) is 9.48 Å². The fraction of sp³-hybridized carbons (Fsp3) is 0.278. The molecule has 25 heavy (non-hydrogen) atoms. The lowest BCUT2D eigenvalue weighted by Gasteiger charge is -2.10. The van der Waals surface area contributed by atoms with Gasteiger partial charge in [0.25, 0.3) is 5.91 Å². The molecule has 0 unspecified atom stereocenters. The molecule has 0 aliphatic heterocycles. The van der Waals surface area contributed by atoms with Crippen LogP contribution in [0.3, 0.4) is 0 Å². The van der Waals surface area contributed by atoms with Crippen molar-refractivity contribution >= 4 is 17.5 Å². The molecular formula is C18H20ClN5O. The molecule has 0 saturated carbocycles. The minimum Gasteiger partial charge on any atom is -0.352 e. The van der Waals surface area contributed by atoms with E-state index in [1.54, 1.807) is 23.0 Å². The molecule has 6 nitrogen and oxygen atoms in total. The van der Waals surface area contributed by atoms with Gasteiger partial charge < -0.3 is 5.32 Å². The molecule has 0 spiro atoms. The lowest BCUT2D eigenvalue weighted by atomic mass is 10.2. The van der Waals surface area contributed by atoms with Crippen molar-refractivity contribution in [1.82, 2.24) is 24.9 Å². The zero-order chi connectivity index (χ0) is 17.8. The molecule has 7 heteroatoms. The van der Waals surface area contributed by atoms with Gasteiger partial charge in [-0.15, -0.1) is 0 Å². The van der Waals surface area contributed by atoms with Gasteiger partial charge in [0.2, 0.25) is 0 Å². The Labute approximate surface area is 151 Å². The maximum atomic E-state index is 12.5. The number of aryl methyl sites for hydroxylation is 3. The Balaban J connectivity index is 1.67. The predicted octanol–water partition coefficient (Wildman–Crippen LogP) is 3.16. The molecule has 0 atom stereocenters. The number of nitrogens with zero attached hydrogens (tertiary/aromatic N) is 4. The van der Waals surface area contributed by atoms with Gasteiger partial charge in [-0.1, -0.05) is 11.6 Å². The highest BCUT2D eigenvalue weighted by molar-refractivity contribution is 6.33. The highest BCUT2D eigenvalue weighted by Crippen LogP contribution is 2.21. The van der Waals surface area contributed by atoms with Crippen LogP contribution in [0.25, 0.3) is 5.69 Å². The fourth-order valence-electron chi connectivity index (χ4n) is 2.68. The highest BCUT2D eigenvalue weighted by atomic mass is 35.5. The monoisotopic (exact) mass is 357 g/mol. The molecular weight excluding hydrogens is 338 g/mol. The van der Waals surface area contributed by atoms with E-state index in [2.05, 4.69) is 15.5 Å². The zero-order valence-electron chi connectivity index (χ0n) is 14.2. The summed E-state index contributed by atoms with van der Waals surface area (Å²) in [6, 6.07) is 9.22. The molecule has 0 aliphatic rings. The topological polar surface area (TPSA) is 64.7 Å². The normalized spacial score (nSPS) is 10.8. The van der Waals surface area contributed by atoms with Crippen molar-refractivity contribution in [2.75, 3.05) is 6.54 Å². The molecule has 3 aromatic rings. The van der Waals surface area contributed by atoms with E-state index in [-0.39, 0.29) is 5.91 Å². The van der Waals surface area contributed by atoms with E-state index in [4.69, 9.17) is 11.6 Å². The number of amides is 1. The molecule has 1 amide bonds. The third-order valence-corrected chi connectivity index (χ3v) is 4.19. The summed E-state index contributed by atoms with van der Waals surface area (Å²) in [6.07, 6.45) is 4.43. The minimum absolute atomic E-state index is 0.186. The molecule has 2 aromatic heterocycles. The fourth-order valence-corrected chi connectivity index (χ4v) is 2.88. The van der Waals surface area contributed by atoms with Crippen molar-refractivity contribution in [3.05, 3.63) is 64.7 Å². The van der Waals surface area contributed by atoms with Crippen LogP contribution in [-0.4, -0.2) is 32.0 Å². The summed E-state index contributed by atoms with van der Waals surface area (Å²) in [6.45, 7) is 5.22. The lowest BCUT2D eigenvalue weighted by Crippen LogP contribution is -2.25. The Hall–Kier alpha value is -2.60. The second-order valence-electron chi connectivity index (χ2n) is 5.88. The van der Waals surface area contributed by atoms with Gasteiger partial charge in [-0.25, -0.2) is 4.68 Å². The van der Waals surface area contributed by atoms with Crippen molar-refractivity contribution in [3.63, 3.8) is 0 Å². The predicted molar refractivity (Wildman–Crippen MR) is 97.2 cm³/mol. The molecule has 0 bridgehead atoms. The number of rotatable bonds is 6. The summed E-state index contributed by atoms with van der Waals surface area (Å²) in [5.41, 5.74) is 3.20. The van der Waals surface area contributed by atoms with Crippen LogP contribution < -0.4 is 5.32 Å². The smallest absolute Gasteiger partial charge is 0.252 e. The van der Waals surface area contributed by atoms with Crippen molar-refractivity contribution in [1.29, 1.82) is 0 Å². The Kier molecular flexibility index (Phi) is 5.19. The van der Waals surface area contributed by atoms with Crippen LogP contribution in [0, 0.1) is 13.8 Å². The van der Waals surface area contributed by atoms with E-state index in [9.17, 15) is 4.79 Å². The first kappa shape index (κ1) is 17.2. The summed E-state index contributed by atoms with van der Waals surface area (Å²) in [7, 11) is 0. The first-order valence-corrected chi connectivity index (χ1v) is 8.51. The number of hydrogen-bond acceptors (Lipinski definition) is 3. The van der Waals surface area contributed by atoms with Gasteiger partial charge in [0, 0.05) is 31.2 Å².